The van der Waals surface area contributed by atoms with Gasteiger partial charge >= 0.3 is 0 Å². The van der Waals surface area contributed by atoms with E-state index in [1.165, 1.54) is 0 Å². The molecule has 2 N–H and O–H groups in total. The number of aromatic nitrogens is 5. The zero-order valence-electron chi connectivity index (χ0n) is 14.8. The largest absolute Gasteiger partial charge is 0.351 e. The van der Waals surface area contributed by atoms with E-state index in [2.05, 4.69) is 25.4 Å². The number of hydrogen-bond acceptors (Lipinski definition) is 4. The van der Waals surface area contributed by atoms with E-state index in [1.807, 2.05) is 44.2 Å². The van der Waals surface area contributed by atoms with Gasteiger partial charge in [-0.3, -0.25) is 4.79 Å². The van der Waals surface area contributed by atoms with Crippen LogP contribution >= 0.6 is 0 Å². The van der Waals surface area contributed by atoms with E-state index >= 15 is 0 Å². The highest BCUT2D eigenvalue weighted by atomic mass is 16.1. The Balaban J connectivity index is 1.36. The van der Waals surface area contributed by atoms with Crippen LogP contribution in [0.5, 0.6) is 0 Å². The normalized spacial score (nSPS) is 11.3. The Labute approximate surface area is 150 Å². The molecule has 0 aliphatic rings. The van der Waals surface area contributed by atoms with E-state index < -0.39 is 0 Å². The van der Waals surface area contributed by atoms with Crippen LogP contribution in [0.15, 0.2) is 36.4 Å². The van der Waals surface area contributed by atoms with Crippen LogP contribution in [0.1, 0.15) is 34.1 Å². The number of rotatable bonds is 5. The number of nitrogens with one attached hydrogen (secondary N) is 2. The maximum absolute atomic E-state index is 12.3. The van der Waals surface area contributed by atoms with Crippen molar-refractivity contribution < 1.29 is 4.79 Å². The zero-order chi connectivity index (χ0) is 18.1. The lowest BCUT2D eigenvalue weighted by Crippen LogP contribution is -2.25. The zero-order valence-corrected chi connectivity index (χ0v) is 14.8. The number of fused-ring (bicyclic) bond motifs is 2. The van der Waals surface area contributed by atoms with Crippen LogP contribution in [0, 0.1) is 13.8 Å². The number of aryl methyl sites for hydroxylation is 3. The van der Waals surface area contributed by atoms with E-state index in [-0.39, 0.29) is 5.91 Å². The van der Waals surface area contributed by atoms with Gasteiger partial charge in [-0.15, -0.1) is 0 Å². The molecule has 3 aromatic heterocycles. The van der Waals surface area contributed by atoms with E-state index in [9.17, 15) is 4.79 Å². The second-order valence-electron chi connectivity index (χ2n) is 6.40. The summed E-state index contributed by atoms with van der Waals surface area (Å²) in [6.07, 6.45) is 1.58. The van der Waals surface area contributed by atoms with Gasteiger partial charge in [0.1, 0.15) is 5.82 Å². The molecule has 1 aromatic carbocycles. The number of benzene rings is 1. The van der Waals surface area contributed by atoms with Crippen LogP contribution in [0.2, 0.25) is 0 Å². The highest BCUT2D eigenvalue weighted by molar-refractivity contribution is 5.93. The van der Waals surface area contributed by atoms with E-state index in [0.29, 0.717) is 17.9 Å². The second kappa shape index (κ2) is 6.59. The predicted molar refractivity (Wildman–Crippen MR) is 99.2 cm³/mol. The Morgan fingerprint density at radius 1 is 1.19 bits per heavy atom. The summed E-state index contributed by atoms with van der Waals surface area (Å²) in [5.74, 6) is 0.751. The van der Waals surface area contributed by atoms with Crippen LogP contribution in [-0.4, -0.2) is 37.0 Å². The second-order valence-corrected chi connectivity index (χ2v) is 6.40. The molecule has 0 saturated carbocycles. The molecule has 26 heavy (non-hydrogen) atoms. The minimum Gasteiger partial charge on any atom is -0.351 e. The van der Waals surface area contributed by atoms with Crippen molar-refractivity contribution in [2.24, 2.45) is 0 Å². The third-order valence-corrected chi connectivity index (χ3v) is 4.28. The lowest BCUT2D eigenvalue weighted by molar-refractivity contribution is 0.0948. The molecule has 132 valence electrons. The fourth-order valence-corrected chi connectivity index (χ4v) is 3.07. The van der Waals surface area contributed by atoms with Crippen molar-refractivity contribution in [2.45, 2.75) is 26.7 Å². The topological polar surface area (TPSA) is 88.0 Å². The van der Waals surface area contributed by atoms with Gasteiger partial charge in [0.05, 0.1) is 11.0 Å². The molecule has 7 heteroatoms. The van der Waals surface area contributed by atoms with E-state index in [4.69, 9.17) is 0 Å². The van der Waals surface area contributed by atoms with Gasteiger partial charge in [0, 0.05) is 30.4 Å². The predicted octanol–water partition coefficient (Wildman–Crippen LogP) is 2.59. The molecule has 7 nitrogen and oxygen atoms in total. The Morgan fingerprint density at radius 2 is 2.04 bits per heavy atom. The smallest absolute Gasteiger partial charge is 0.271 e. The van der Waals surface area contributed by atoms with Crippen LogP contribution < -0.4 is 5.32 Å². The Hall–Kier alpha value is -3.22. The van der Waals surface area contributed by atoms with Crippen molar-refractivity contribution in [2.75, 3.05) is 6.54 Å². The molecule has 0 bridgehead atoms. The standard InChI is InChI=1S/C19H20N6O/c1-12-10-13(2)25-18(21-12)11-16(24-25)19(26)20-9-5-8-17-22-14-6-3-4-7-15(14)23-17/h3-4,6-7,10-11H,5,8-9H2,1-2H3,(H,20,26)(H,22,23). The first-order valence-electron chi connectivity index (χ1n) is 8.66. The summed E-state index contributed by atoms with van der Waals surface area (Å²) in [6.45, 7) is 4.44. The molecule has 0 radical (unpaired) electrons. The molecule has 1 amide bonds. The van der Waals surface area contributed by atoms with Gasteiger partial charge < -0.3 is 10.3 Å². The monoisotopic (exact) mass is 348 g/mol. The minimum absolute atomic E-state index is 0.183. The SMILES string of the molecule is Cc1cc(C)n2nc(C(=O)NCCCc3nc4ccccc4[nH]3)cc2n1. The summed E-state index contributed by atoms with van der Waals surface area (Å²) in [5.41, 5.74) is 4.94. The molecule has 0 atom stereocenters. The van der Waals surface area contributed by atoms with Gasteiger partial charge in [-0.25, -0.2) is 14.5 Å². The Morgan fingerprint density at radius 3 is 2.88 bits per heavy atom. The highest BCUT2D eigenvalue weighted by Gasteiger charge is 2.12. The first kappa shape index (κ1) is 16.3. The average molecular weight is 348 g/mol. The Bertz CT molecular complexity index is 1060. The summed E-state index contributed by atoms with van der Waals surface area (Å²) >= 11 is 0. The molecule has 4 rings (SSSR count). The summed E-state index contributed by atoms with van der Waals surface area (Å²) in [6, 6.07) is 11.6. The third kappa shape index (κ3) is 3.15. The van der Waals surface area contributed by atoms with Gasteiger partial charge in [0.25, 0.3) is 5.91 Å². The van der Waals surface area contributed by atoms with Gasteiger partial charge in [0.15, 0.2) is 11.3 Å². The first-order valence-corrected chi connectivity index (χ1v) is 8.66. The van der Waals surface area contributed by atoms with Crippen molar-refractivity contribution in [3.8, 4) is 0 Å². The van der Waals surface area contributed by atoms with Crippen LogP contribution in [-0.2, 0) is 6.42 Å². The lowest BCUT2D eigenvalue weighted by Gasteiger charge is -2.02. The van der Waals surface area contributed by atoms with Crippen LogP contribution in [0.4, 0.5) is 0 Å². The average Bonchev–Trinajstić information content (AvgIpc) is 3.22. The third-order valence-electron chi connectivity index (χ3n) is 4.28. The first-order chi connectivity index (χ1) is 12.6. The molecule has 0 spiro atoms. The number of amides is 1. The molecule has 0 aliphatic carbocycles. The van der Waals surface area contributed by atoms with Crippen molar-refractivity contribution in [3.63, 3.8) is 0 Å². The number of imidazole rings is 1. The van der Waals surface area contributed by atoms with E-state index in [0.717, 1.165) is 41.1 Å². The summed E-state index contributed by atoms with van der Waals surface area (Å²) < 4.78 is 1.69. The molecule has 4 aromatic rings. The fourth-order valence-electron chi connectivity index (χ4n) is 3.07. The molecular formula is C19H20N6O. The number of carbonyl (C=O) groups is 1. The number of hydrogen-bond donors (Lipinski definition) is 2. The van der Waals surface area contributed by atoms with E-state index in [1.54, 1.807) is 10.6 Å². The highest BCUT2D eigenvalue weighted by Crippen LogP contribution is 2.11. The molecule has 3 heterocycles. The number of para-hydroxylation sites is 2. The number of H-pyrrole nitrogens is 1. The van der Waals surface area contributed by atoms with Crippen LogP contribution in [0.25, 0.3) is 16.7 Å². The van der Waals surface area contributed by atoms with Gasteiger partial charge in [-0.2, -0.15) is 5.10 Å². The van der Waals surface area contributed by atoms with Crippen molar-refractivity contribution in [3.05, 3.63) is 59.3 Å². The molecular weight excluding hydrogens is 328 g/mol. The lowest BCUT2D eigenvalue weighted by atomic mass is 10.3. The molecule has 0 saturated heterocycles. The maximum atomic E-state index is 12.3. The van der Waals surface area contributed by atoms with Crippen molar-refractivity contribution >= 4 is 22.6 Å². The maximum Gasteiger partial charge on any atom is 0.271 e. The summed E-state index contributed by atoms with van der Waals surface area (Å²) in [5, 5.41) is 7.26. The number of aromatic amines is 1. The Kier molecular flexibility index (Phi) is 4.12. The van der Waals surface area contributed by atoms with Gasteiger partial charge in [0.2, 0.25) is 0 Å². The van der Waals surface area contributed by atoms with Gasteiger partial charge in [-0.1, -0.05) is 12.1 Å². The minimum atomic E-state index is -0.183. The van der Waals surface area contributed by atoms with Crippen molar-refractivity contribution in [1.29, 1.82) is 0 Å². The van der Waals surface area contributed by atoms with Gasteiger partial charge in [-0.05, 0) is 38.5 Å². The molecule has 0 fully saturated rings. The fraction of sp³-hybridized carbons (Fsp3) is 0.263. The molecule has 0 aliphatic heterocycles. The summed E-state index contributed by atoms with van der Waals surface area (Å²) in [4.78, 5) is 24.6. The van der Waals surface area contributed by atoms with Crippen LogP contribution in [0.3, 0.4) is 0 Å². The number of carbonyl (C=O) groups excluding carboxylic acids is 1. The molecule has 0 unspecified atom stereocenters. The van der Waals surface area contributed by atoms with Crippen molar-refractivity contribution in [1.82, 2.24) is 29.9 Å². The quantitative estimate of drug-likeness (QED) is 0.543. The summed E-state index contributed by atoms with van der Waals surface area (Å²) in [7, 11) is 0. The number of nitrogens with zero attached hydrogens (tertiary/aromatic N) is 4.